The van der Waals surface area contributed by atoms with Gasteiger partial charge in [-0.3, -0.25) is 0 Å². The highest BCUT2D eigenvalue weighted by Gasteiger charge is 1.93. The summed E-state index contributed by atoms with van der Waals surface area (Å²) in [7, 11) is 0. The van der Waals surface area contributed by atoms with Gasteiger partial charge in [0.2, 0.25) is 0 Å². The number of carbonyl (C=O) groups is 1. The molecule has 0 radical (unpaired) electrons. The number of esters is 1. The van der Waals surface area contributed by atoms with Gasteiger partial charge in [0.05, 0.1) is 6.26 Å². The van der Waals surface area contributed by atoms with E-state index < -0.39 is 0 Å². The van der Waals surface area contributed by atoms with E-state index in [1.54, 1.807) is 19.3 Å². The number of ether oxygens (including phenoxy) is 2. The van der Waals surface area contributed by atoms with Gasteiger partial charge in [-0.1, -0.05) is 19.4 Å². The van der Waals surface area contributed by atoms with E-state index >= 15 is 0 Å². The van der Waals surface area contributed by atoms with Crippen LogP contribution in [0.2, 0.25) is 0 Å². The Balaban J connectivity index is 3.25. The molecule has 0 aromatic rings. The number of unbranched alkanes of at least 4 members (excludes halogenated alkanes) is 1. The molecule has 0 aromatic heterocycles. The van der Waals surface area contributed by atoms with Crippen molar-refractivity contribution in [2.45, 2.75) is 26.7 Å². The van der Waals surface area contributed by atoms with Crippen molar-refractivity contribution in [3.05, 3.63) is 24.5 Å². The number of rotatable bonds is 7. The Bertz CT molecular complexity index is 195. The summed E-state index contributed by atoms with van der Waals surface area (Å²) in [6.45, 7) is 4.57. The maximum Gasteiger partial charge on any atom is 0.330 e. The lowest BCUT2D eigenvalue weighted by Gasteiger charge is -2.01. The summed E-state index contributed by atoms with van der Waals surface area (Å²) in [5.41, 5.74) is 0. The Labute approximate surface area is 85.4 Å². The van der Waals surface area contributed by atoms with Crippen molar-refractivity contribution in [2.75, 3.05) is 13.2 Å². The molecule has 0 heterocycles. The third kappa shape index (κ3) is 8.84. The molecule has 0 fully saturated rings. The van der Waals surface area contributed by atoms with Crippen molar-refractivity contribution in [1.82, 2.24) is 0 Å². The molecule has 0 saturated heterocycles. The second kappa shape index (κ2) is 9.84. The molecule has 14 heavy (non-hydrogen) atoms. The van der Waals surface area contributed by atoms with Crippen molar-refractivity contribution in [2.24, 2.45) is 0 Å². The molecule has 0 saturated carbocycles. The van der Waals surface area contributed by atoms with Gasteiger partial charge in [0.25, 0.3) is 0 Å². The molecule has 0 amide bonds. The fraction of sp³-hybridized carbons (Fsp3) is 0.545. The minimum Gasteiger partial charge on any atom is -0.498 e. The largest absolute Gasteiger partial charge is 0.498 e. The van der Waals surface area contributed by atoms with Crippen LogP contribution in [0.15, 0.2) is 24.5 Å². The summed E-state index contributed by atoms with van der Waals surface area (Å²) in [6.07, 6.45) is 8.74. The lowest BCUT2D eigenvalue weighted by Crippen LogP contribution is -2.06. The number of hydrogen-bond acceptors (Lipinski definition) is 3. The second-order valence-electron chi connectivity index (χ2n) is 2.70. The topological polar surface area (TPSA) is 35.5 Å². The van der Waals surface area contributed by atoms with Gasteiger partial charge in [-0.15, -0.1) is 0 Å². The zero-order valence-corrected chi connectivity index (χ0v) is 8.86. The van der Waals surface area contributed by atoms with Crippen LogP contribution in [0.5, 0.6) is 0 Å². The molecular formula is C11H18O3. The van der Waals surface area contributed by atoms with E-state index in [0.717, 1.165) is 12.8 Å². The Kier molecular flexibility index (Phi) is 8.96. The highest BCUT2D eigenvalue weighted by molar-refractivity contribution is 5.81. The summed E-state index contributed by atoms with van der Waals surface area (Å²) in [6, 6.07) is 0. The molecule has 0 bridgehead atoms. The molecule has 3 heteroatoms. The predicted molar refractivity (Wildman–Crippen MR) is 55.8 cm³/mol. The minimum absolute atomic E-state index is 0.291. The average Bonchev–Trinajstić information content (AvgIpc) is 2.17. The predicted octanol–water partition coefficient (Wildman–Crippen LogP) is 2.44. The Hall–Kier alpha value is -1.25. The SMILES string of the molecule is C/C=C/C(=O)OCCOC=CCCC. The molecule has 80 valence electrons. The molecule has 0 N–H and O–H groups in total. The molecule has 3 nitrogen and oxygen atoms in total. The Morgan fingerprint density at radius 3 is 2.79 bits per heavy atom. The molecule has 0 aromatic carbocycles. The summed E-state index contributed by atoms with van der Waals surface area (Å²) in [5, 5.41) is 0. The molecular weight excluding hydrogens is 180 g/mol. The van der Waals surface area contributed by atoms with Gasteiger partial charge in [-0.25, -0.2) is 4.79 Å². The zero-order valence-electron chi connectivity index (χ0n) is 8.86. The van der Waals surface area contributed by atoms with Crippen molar-refractivity contribution in [3.8, 4) is 0 Å². The molecule has 0 atom stereocenters. The molecule has 0 aliphatic heterocycles. The van der Waals surface area contributed by atoms with E-state index in [4.69, 9.17) is 9.47 Å². The third-order valence-electron chi connectivity index (χ3n) is 1.40. The van der Waals surface area contributed by atoms with E-state index in [9.17, 15) is 4.79 Å². The van der Waals surface area contributed by atoms with Crippen LogP contribution in [0, 0.1) is 0 Å². The fourth-order valence-corrected chi connectivity index (χ4v) is 0.745. The maximum absolute atomic E-state index is 10.8. The first-order valence-electron chi connectivity index (χ1n) is 4.87. The third-order valence-corrected chi connectivity index (χ3v) is 1.40. The normalized spacial score (nSPS) is 11.0. The summed E-state index contributed by atoms with van der Waals surface area (Å²) < 4.78 is 9.89. The van der Waals surface area contributed by atoms with E-state index in [-0.39, 0.29) is 5.97 Å². The average molecular weight is 198 g/mol. The van der Waals surface area contributed by atoms with Crippen LogP contribution < -0.4 is 0 Å². The monoisotopic (exact) mass is 198 g/mol. The smallest absolute Gasteiger partial charge is 0.330 e. The quantitative estimate of drug-likeness (QED) is 0.273. The van der Waals surface area contributed by atoms with Crippen molar-refractivity contribution < 1.29 is 14.3 Å². The number of carbonyl (C=O) groups excluding carboxylic acids is 1. The fourth-order valence-electron chi connectivity index (χ4n) is 0.745. The van der Waals surface area contributed by atoms with Crippen LogP contribution in [0.4, 0.5) is 0 Å². The Morgan fingerprint density at radius 2 is 2.14 bits per heavy atom. The number of allylic oxidation sites excluding steroid dienone is 2. The molecule has 0 spiro atoms. The molecule has 0 aliphatic rings. The van der Waals surface area contributed by atoms with E-state index in [1.807, 2.05) is 6.08 Å². The van der Waals surface area contributed by atoms with Gasteiger partial charge in [-0.05, 0) is 19.4 Å². The van der Waals surface area contributed by atoms with Gasteiger partial charge >= 0.3 is 5.97 Å². The first-order valence-corrected chi connectivity index (χ1v) is 4.87. The van der Waals surface area contributed by atoms with Crippen molar-refractivity contribution in [1.29, 1.82) is 0 Å². The van der Waals surface area contributed by atoms with Crippen LogP contribution in [-0.4, -0.2) is 19.2 Å². The first kappa shape index (κ1) is 12.8. The summed E-state index contributed by atoms with van der Waals surface area (Å²) in [4.78, 5) is 10.8. The minimum atomic E-state index is -0.325. The summed E-state index contributed by atoms with van der Waals surface area (Å²) >= 11 is 0. The zero-order chi connectivity index (χ0) is 10.6. The standard InChI is InChI=1S/C11H18O3/c1-3-5-6-8-13-9-10-14-11(12)7-4-2/h4,6-8H,3,5,9-10H2,1-2H3/b7-4+,8-6?. The van der Waals surface area contributed by atoms with E-state index in [1.165, 1.54) is 6.08 Å². The van der Waals surface area contributed by atoms with Crippen LogP contribution >= 0.6 is 0 Å². The maximum atomic E-state index is 10.8. The first-order chi connectivity index (χ1) is 6.81. The van der Waals surface area contributed by atoms with Crippen LogP contribution in [0.25, 0.3) is 0 Å². The van der Waals surface area contributed by atoms with Crippen molar-refractivity contribution >= 4 is 5.97 Å². The lowest BCUT2D eigenvalue weighted by atomic mass is 10.3. The lowest BCUT2D eigenvalue weighted by molar-refractivity contribution is -0.138. The van der Waals surface area contributed by atoms with Crippen LogP contribution in [-0.2, 0) is 14.3 Å². The van der Waals surface area contributed by atoms with Gasteiger partial charge in [0.15, 0.2) is 0 Å². The van der Waals surface area contributed by atoms with Gasteiger partial charge in [0, 0.05) is 6.08 Å². The summed E-state index contributed by atoms with van der Waals surface area (Å²) in [5.74, 6) is -0.325. The van der Waals surface area contributed by atoms with E-state index in [2.05, 4.69) is 6.92 Å². The van der Waals surface area contributed by atoms with Crippen molar-refractivity contribution in [3.63, 3.8) is 0 Å². The van der Waals surface area contributed by atoms with Crippen LogP contribution in [0.3, 0.4) is 0 Å². The number of hydrogen-bond donors (Lipinski definition) is 0. The van der Waals surface area contributed by atoms with E-state index in [0.29, 0.717) is 13.2 Å². The second-order valence-corrected chi connectivity index (χ2v) is 2.70. The molecule has 0 rings (SSSR count). The van der Waals surface area contributed by atoms with Gasteiger partial charge in [0.1, 0.15) is 13.2 Å². The highest BCUT2D eigenvalue weighted by atomic mass is 16.6. The van der Waals surface area contributed by atoms with Crippen LogP contribution in [0.1, 0.15) is 26.7 Å². The molecule has 0 aliphatic carbocycles. The molecule has 0 unspecified atom stereocenters. The Morgan fingerprint density at radius 1 is 1.36 bits per heavy atom. The highest BCUT2D eigenvalue weighted by Crippen LogP contribution is 1.89. The van der Waals surface area contributed by atoms with Gasteiger partial charge < -0.3 is 9.47 Å². The van der Waals surface area contributed by atoms with Gasteiger partial charge in [-0.2, -0.15) is 0 Å².